The zero-order valence-corrected chi connectivity index (χ0v) is 11.2. The van der Waals surface area contributed by atoms with E-state index in [1.165, 1.54) is 0 Å². The molecule has 0 amide bonds. The summed E-state index contributed by atoms with van der Waals surface area (Å²) in [6.07, 6.45) is 0.751. The molecule has 5 heteroatoms. The fraction of sp³-hybridized carbons (Fsp3) is 0.417. The Morgan fingerprint density at radius 3 is 2.76 bits per heavy atom. The van der Waals surface area contributed by atoms with Gasteiger partial charge in [0, 0.05) is 23.3 Å². The number of aliphatic hydroxyl groups excluding tert-OH is 1. The molecule has 0 bridgehead atoms. The van der Waals surface area contributed by atoms with Crippen LogP contribution in [-0.2, 0) is 0 Å². The van der Waals surface area contributed by atoms with Gasteiger partial charge in [-0.15, -0.1) is 0 Å². The summed E-state index contributed by atoms with van der Waals surface area (Å²) < 4.78 is 0.560. The molecule has 0 aliphatic heterocycles. The van der Waals surface area contributed by atoms with Gasteiger partial charge in [0.1, 0.15) is 0 Å². The first kappa shape index (κ1) is 14.0. The second-order valence-electron chi connectivity index (χ2n) is 4.00. The third kappa shape index (κ3) is 4.36. The number of nitrogens with one attached hydrogen (secondary N) is 1. The highest BCUT2D eigenvalue weighted by molar-refractivity contribution is 9.10. The Labute approximate surface area is 109 Å². The average molecular weight is 302 g/mol. The third-order valence-corrected chi connectivity index (χ3v) is 3.13. The second kappa shape index (κ2) is 6.61. The van der Waals surface area contributed by atoms with Gasteiger partial charge in [-0.05, 0) is 46.5 Å². The molecule has 1 rings (SSSR count). The molecule has 0 aliphatic rings. The van der Waals surface area contributed by atoms with Crippen LogP contribution in [0, 0.1) is 5.92 Å². The zero-order chi connectivity index (χ0) is 12.8. The molecule has 0 fully saturated rings. The molecule has 0 aromatic heterocycles. The molecule has 3 N–H and O–H groups in total. The Morgan fingerprint density at radius 1 is 1.53 bits per heavy atom. The second-order valence-corrected chi connectivity index (χ2v) is 4.85. The van der Waals surface area contributed by atoms with E-state index in [2.05, 4.69) is 21.2 Å². The van der Waals surface area contributed by atoms with Crippen molar-refractivity contribution in [3.05, 3.63) is 28.2 Å². The monoisotopic (exact) mass is 301 g/mol. The first-order valence-corrected chi connectivity index (χ1v) is 6.21. The van der Waals surface area contributed by atoms with Crippen molar-refractivity contribution in [2.24, 2.45) is 5.92 Å². The molecule has 0 saturated heterocycles. The molecule has 1 aromatic rings. The van der Waals surface area contributed by atoms with Crippen LogP contribution in [0.4, 0.5) is 5.69 Å². The molecular formula is C12H16BrNO3. The van der Waals surface area contributed by atoms with Crippen molar-refractivity contribution in [2.75, 3.05) is 18.5 Å². The molecule has 0 saturated carbocycles. The Bertz CT molecular complexity index is 395. The predicted octanol–water partition coefficient (Wildman–Crippen LogP) is 2.58. The van der Waals surface area contributed by atoms with Crippen molar-refractivity contribution in [1.29, 1.82) is 0 Å². The number of benzene rings is 1. The molecule has 0 heterocycles. The van der Waals surface area contributed by atoms with Gasteiger partial charge < -0.3 is 15.5 Å². The van der Waals surface area contributed by atoms with E-state index in [1.54, 1.807) is 18.2 Å². The summed E-state index contributed by atoms with van der Waals surface area (Å²) >= 11 is 3.22. The summed E-state index contributed by atoms with van der Waals surface area (Å²) in [4.78, 5) is 10.8. The quantitative estimate of drug-likeness (QED) is 0.755. The molecule has 0 radical (unpaired) electrons. The maximum absolute atomic E-state index is 10.8. The molecule has 1 atom stereocenters. The summed E-state index contributed by atoms with van der Waals surface area (Å²) in [6.45, 7) is 2.98. The Kier molecular flexibility index (Phi) is 5.44. The lowest BCUT2D eigenvalue weighted by Crippen LogP contribution is -2.12. The van der Waals surface area contributed by atoms with Crippen LogP contribution in [0.2, 0.25) is 0 Å². The minimum atomic E-state index is -0.947. The van der Waals surface area contributed by atoms with Crippen molar-refractivity contribution < 1.29 is 15.0 Å². The van der Waals surface area contributed by atoms with E-state index in [4.69, 9.17) is 10.2 Å². The van der Waals surface area contributed by atoms with Gasteiger partial charge in [-0.3, -0.25) is 0 Å². The van der Waals surface area contributed by atoms with E-state index in [0.717, 1.165) is 18.7 Å². The lowest BCUT2D eigenvalue weighted by Gasteiger charge is -2.12. The SMILES string of the molecule is CC(CCO)CNc1ccc(C(=O)O)c(Br)c1. The number of carbonyl (C=O) groups is 1. The van der Waals surface area contributed by atoms with Crippen LogP contribution in [-0.4, -0.2) is 29.3 Å². The molecular weight excluding hydrogens is 286 g/mol. The van der Waals surface area contributed by atoms with Crippen LogP contribution in [0.5, 0.6) is 0 Å². The molecule has 1 unspecified atom stereocenters. The fourth-order valence-electron chi connectivity index (χ4n) is 1.41. The van der Waals surface area contributed by atoms with Crippen LogP contribution in [0.25, 0.3) is 0 Å². The molecule has 17 heavy (non-hydrogen) atoms. The van der Waals surface area contributed by atoms with Gasteiger partial charge in [0.15, 0.2) is 0 Å². The van der Waals surface area contributed by atoms with Crippen molar-refractivity contribution in [1.82, 2.24) is 0 Å². The van der Waals surface area contributed by atoms with E-state index >= 15 is 0 Å². The van der Waals surface area contributed by atoms with E-state index in [1.807, 2.05) is 6.92 Å². The highest BCUT2D eigenvalue weighted by atomic mass is 79.9. The molecule has 1 aromatic carbocycles. The number of anilines is 1. The Morgan fingerprint density at radius 2 is 2.24 bits per heavy atom. The van der Waals surface area contributed by atoms with Gasteiger partial charge in [-0.2, -0.15) is 0 Å². The van der Waals surface area contributed by atoms with Crippen molar-refractivity contribution >= 4 is 27.6 Å². The molecule has 94 valence electrons. The van der Waals surface area contributed by atoms with Gasteiger partial charge in [0.25, 0.3) is 0 Å². The topological polar surface area (TPSA) is 69.6 Å². The predicted molar refractivity (Wildman–Crippen MR) is 70.5 cm³/mol. The number of carboxylic acids is 1. The Balaban J connectivity index is 2.62. The van der Waals surface area contributed by atoms with Crippen LogP contribution < -0.4 is 5.32 Å². The smallest absolute Gasteiger partial charge is 0.336 e. The summed E-state index contributed by atoms with van der Waals surface area (Å²) in [5, 5.41) is 20.8. The average Bonchev–Trinajstić information content (AvgIpc) is 2.26. The van der Waals surface area contributed by atoms with Crippen LogP contribution in [0.15, 0.2) is 22.7 Å². The van der Waals surface area contributed by atoms with Gasteiger partial charge in [-0.1, -0.05) is 6.92 Å². The van der Waals surface area contributed by atoms with Gasteiger partial charge in [0.05, 0.1) is 5.56 Å². The highest BCUT2D eigenvalue weighted by Crippen LogP contribution is 2.21. The number of hydrogen-bond acceptors (Lipinski definition) is 3. The van der Waals surface area contributed by atoms with E-state index in [-0.39, 0.29) is 12.2 Å². The summed E-state index contributed by atoms with van der Waals surface area (Å²) in [5.41, 5.74) is 1.12. The lowest BCUT2D eigenvalue weighted by molar-refractivity contribution is 0.0696. The number of halogens is 1. The largest absolute Gasteiger partial charge is 0.478 e. The normalized spacial score (nSPS) is 12.2. The molecule has 0 aliphatic carbocycles. The maximum atomic E-state index is 10.8. The van der Waals surface area contributed by atoms with Crippen molar-refractivity contribution in [2.45, 2.75) is 13.3 Å². The van der Waals surface area contributed by atoms with E-state index in [0.29, 0.717) is 10.4 Å². The zero-order valence-electron chi connectivity index (χ0n) is 9.61. The van der Waals surface area contributed by atoms with E-state index < -0.39 is 5.97 Å². The van der Waals surface area contributed by atoms with E-state index in [9.17, 15) is 4.79 Å². The fourth-order valence-corrected chi connectivity index (χ4v) is 1.96. The van der Waals surface area contributed by atoms with Gasteiger partial charge in [-0.25, -0.2) is 4.79 Å². The minimum absolute atomic E-state index is 0.185. The summed E-state index contributed by atoms with van der Waals surface area (Å²) in [6, 6.07) is 5.04. The Hall–Kier alpha value is -1.07. The van der Waals surface area contributed by atoms with Crippen LogP contribution in [0.3, 0.4) is 0 Å². The standard InChI is InChI=1S/C12H16BrNO3/c1-8(4-5-15)7-14-9-2-3-10(12(16)17)11(13)6-9/h2-3,6,8,14-15H,4-5,7H2,1H3,(H,16,17). The number of rotatable bonds is 6. The van der Waals surface area contributed by atoms with Crippen LogP contribution in [0.1, 0.15) is 23.7 Å². The third-order valence-electron chi connectivity index (χ3n) is 2.48. The molecule has 0 spiro atoms. The number of carboxylic acid groups (broad SMARTS) is 1. The van der Waals surface area contributed by atoms with Crippen molar-refractivity contribution in [3.8, 4) is 0 Å². The van der Waals surface area contributed by atoms with Gasteiger partial charge in [0.2, 0.25) is 0 Å². The summed E-state index contributed by atoms with van der Waals surface area (Å²) in [7, 11) is 0. The first-order valence-electron chi connectivity index (χ1n) is 5.42. The lowest BCUT2D eigenvalue weighted by atomic mass is 10.1. The highest BCUT2D eigenvalue weighted by Gasteiger charge is 2.08. The van der Waals surface area contributed by atoms with Crippen LogP contribution >= 0.6 is 15.9 Å². The minimum Gasteiger partial charge on any atom is -0.478 e. The van der Waals surface area contributed by atoms with Crippen molar-refractivity contribution in [3.63, 3.8) is 0 Å². The maximum Gasteiger partial charge on any atom is 0.336 e. The number of hydrogen-bond donors (Lipinski definition) is 3. The molecule has 4 nitrogen and oxygen atoms in total. The summed E-state index contributed by atoms with van der Waals surface area (Å²) in [5.74, 6) is -0.574. The first-order chi connectivity index (χ1) is 8.04. The number of aliphatic hydroxyl groups is 1. The van der Waals surface area contributed by atoms with Gasteiger partial charge >= 0.3 is 5.97 Å². The number of aromatic carboxylic acids is 1.